The highest BCUT2D eigenvalue weighted by atomic mass is 35.5. The van der Waals surface area contributed by atoms with Gasteiger partial charge in [-0.15, -0.1) is 4.83 Å². The zero-order valence-electron chi connectivity index (χ0n) is 13.3. The fourth-order valence-corrected chi connectivity index (χ4v) is 3.46. The summed E-state index contributed by atoms with van der Waals surface area (Å²) >= 11 is 11.5. The van der Waals surface area contributed by atoms with Gasteiger partial charge in [-0.2, -0.15) is 0 Å². The maximum atomic E-state index is 12.1. The minimum Gasteiger partial charge on any atom is -0.484 e. The summed E-state index contributed by atoms with van der Waals surface area (Å²) in [5.74, 6) is -0.145. The van der Waals surface area contributed by atoms with Gasteiger partial charge in [-0.25, -0.2) is 8.42 Å². The van der Waals surface area contributed by atoms with E-state index in [2.05, 4.69) is 5.43 Å². The number of rotatable bonds is 7. The highest BCUT2D eigenvalue weighted by molar-refractivity contribution is 7.89. The Kier molecular flexibility index (Phi) is 6.66. The number of hydrazine groups is 1. The lowest BCUT2D eigenvalue weighted by molar-refractivity contribution is -0.123. The summed E-state index contributed by atoms with van der Waals surface area (Å²) in [5.41, 5.74) is 3.21. The number of halogens is 2. The number of aryl methyl sites for hydroxylation is 1. The molecule has 0 saturated heterocycles. The van der Waals surface area contributed by atoms with Gasteiger partial charge >= 0.3 is 0 Å². The molecule has 6 nitrogen and oxygen atoms in total. The van der Waals surface area contributed by atoms with Gasteiger partial charge in [0.15, 0.2) is 6.61 Å². The predicted molar refractivity (Wildman–Crippen MR) is 96.2 cm³/mol. The quantitative estimate of drug-likeness (QED) is 0.697. The Bertz CT molecular complexity index is 835. The fraction of sp³-hybridized carbons (Fsp3) is 0.188. The molecule has 2 aromatic carbocycles. The van der Waals surface area contributed by atoms with E-state index in [-0.39, 0.29) is 21.5 Å². The van der Waals surface area contributed by atoms with E-state index in [0.717, 1.165) is 12.0 Å². The third-order valence-electron chi connectivity index (χ3n) is 3.17. The van der Waals surface area contributed by atoms with Crippen LogP contribution in [0.2, 0.25) is 10.0 Å². The van der Waals surface area contributed by atoms with Crippen molar-refractivity contribution in [2.45, 2.75) is 18.2 Å². The lowest BCUT2D eigenvalue weighted by Crippen LogP contribution is -2.43. The average molecular weight is 403 g/mol. The van der Waals surface area contributed by atoms with Gasteiger partial charge in [0.2, 0.25) is 0 Å². The first kappa shape index (κ1) is 19.5. The number of benzene rings is 2. The molecule has 25 heavy (non-hydrogen) atoms. The maximum Gasteiger partial charge on any atom is 0.272 e. The van der Waals surface area contributed by atoms with E-state index >= 15 is 0 Å². The Balaban J connectivity index is 1.89. The van der Waals surface area contributed by atoms with Crippen molar-refractivity contribution in [3.8, 4) is 5.75 Å². The minimum absolute atomic E-state index is 0.165. The van der Waals surface area contributed by atoms with Crippen molar-refractivity contribution < 1.29 is 17.9 Å². The van der Waals surface area contributed by atoms with Crippen molar-refractivity contribution in [3.63, 3.8) is 0 Å². The van der Waals surface area contributed by atoms with Crippen LogP contribution in [0.25, 0.3) is 0 Å². The van der Waals surface area contributed by atoms with Crippen molar-refractivity contribution in [3.05, 3.63) is 58.1 Å². The summed E-state index contributed by atoms with van der Waals surface area (Å²) < 4.78 is 29.5. The molecule has 0 atom stereocenters. The number of carbonyl (C=O) groups is 1. The normalized spacial score (nSPS) is 11.2. The summed E-state index contributed by atoms with van der Waals surface area (Å²) in [5, 5.41) is 0.330. The van der Waals surface area contributed by atoms with Gasteiger partial charge in [-0.1, -0.05) is 42.3 Å². The second-order valence-corrected chi connectivity index (χ2v) is 7.60. The van der Waals surface area contributed by atoms with Gasteiger partial charge in [0.05, 0.1) is 4.90 Å². The van der Waals surface area contributed by atoms with E-state index in [9.17, 15) is 13.2 Å². The second-order valence-electron chi connectivity index (χ2n) is 5.05. The first-order chi connectivity index (χ1) is 11.8. The van der Waals surface area contributed by atoms with Crippen LogP contribution >= 0.6 is 23.2 Å². The second kappa shape index (κ2) is 8.53. The lowest BCUT2D eigenvalue weighted by Gasteiger charge is -2.10. The fourth-order valence-electron chi connectivity index (χ4n) is 1.87. The summed E-state index contributed by atoms with van der Waals surface area (Å²) in [4.78, 5) is 13.5. The Morgan fingerprint density at radius 3 is 2.24 bits per heavy atom. The van der Waals surface area contributed by atoms with Crippen LogP contribution in [0.4, 0.5) is 0 Å². The van der Waals surface area contributed by atoms with Crippen LogP contribution in [0.5, 0.6) is 5.75 Å². The standard InChI is InChI=1S/C16H16Cl2N2O4S/c1-2-11-3-5-14(6-4-11)24-10-16(21)19-20-25(22,23)15-8-12(17)7-13(18)9-15/h3-9,20H,2,10H2,1H3,(H,19,21). The molecule has 0 bridgehead atoms. The average Bonchev–Trinajstić information content (AvgIpc) is 2.58. The van der Waals surface area contributed by atoms with Crippen LogP contribution in [0, 0.1) is 0 Å². The molecule has 0 aliphatic heterocycles. The first-order valence-electron chi connectivity index (χ1n) is 7.28. The molecule has 0 aliphatic rings. The van der Waals surface area contributed by atoms with E-state index in [1.165, 1.54) is 18.2 Å². The molecule has 2 aromatic rings. The molecular weight excluding hydrogens is 387 g/mol. The topological polar surface area (TPSA) is 84.5 Å². The van der Waals surface area contributed by atoms with Crippen molar-refractivity contribution in [1.82, 2.24) is 10.3 Å². The van der Waals surface area contributed by atoms with E-state index in [1.54, 1.807) is 12.1 Å². The molecule has 1 amide bonds. The van der Waals surface area contributed by atoms with E-state index < -0.39 is 15.9 Å². The summed E-state index contributed by atoms with van der Waals surface area (Å²) in [7, 11) is -4.00. The van der Waals surface area contributed by atoms with Crippen LogP contribution in [-0.4, -0.2) is 20.9 Å². The number of hydrogen-bond donors (Lipinski definition) is 2. The third-order valence-corrected chi connectivity index (χ3v) is 4.84. The molecule has 2 N–H and O–H groups in total. The molecule has 0 saturated carbocycles. The van der Waals surface area contributed by atoms with Gasteiger partial charge in [0.25, 0.3) is 15.9 Å². The number of hydrogen-bond acceptors (Lipinski definition) is 4. The van der Waals surface area contributed by atoms with Gasteiger partial charge in [0.1, 0.15) is 5.75 Å². The number of amides is 1. The van der Waals surface area contributed by atoms with Gasteiger partial charge < -0.3 is 4.74 Å². The summed E-state index contributed by atoms with van der Waals surface area (Å²) in [6.45, 7) is 1.69. The molecule has 9 heteroatoms. The largest absolute Gasteiger partial charge is 0.484 e. The van der Waals surface area contributed by atoms with Crippen molar-refractivity contribution in [2.75, 3.05) is 6.61 Å². The van der Waals surface area contributed by atoms with E-state index in [1.807, 2.05) is 23.9 Å². The van der Waals surface area contributed by atoms with Crippen molar-refractivity contribution in [1.29, 1.82) is 0 Å². The molecule has 0 unspecified atom stereocenters. The molecule has 0 radical (unpaired) electrons. The Morgan fingerprint density at radius 1 is 1.08 bits per heavy atom. The highest BCUT2D eigenvalue weighted by Crippen LogP contribution is 2.21. The summed E-state index contributed by atoms with van der Waals surface area (Å²) in [6.07, 6.45) is 0.899. The number of nitrogens with one attached hydrogen (secondary N) is 2. The van der Waals surface area contributed by atoms with Gasteiger partial charge in [0, 0.05) is 10.0 Å². The van der Waals surface area contributed by atoms with Gasteiger partial charge in [-0.05, 0) is 42.3 Å². The smallest absolute Gasteiger partial charge is 0.272 e. The Labute approximate surface area is 156 Å². The van der Waals surface area contributed by atoms with Crippen LogP contribution < -0.4 is 15.0 Å². The van der Waals surface area contributed by atoms with Crippen LogP contribution in [0.1, 0.15) is 12.5 Å². The molecule has 0 spiro atoms. The maximum absolute atomic E-state index is 12.1. The lowest BCUT2D eigenvalue weighted by atomic mass is 10.2. The molecular formula is C16H16Cl2N2O4S. The zero-order valence-corrected chi connectivity index (χ0v) is 15.6. The van der Waals surface area contributed by atoms with Crippen LogP contribution in [0.15, 0.2) is 47.4 Å². The van der Waals surface area contributed by atoms with Gasteiger partial charge in [-0.3, -0.25) is 10.2 Å². The number of sulfonamides is 1. The van der Waals surface area contributed by atoms with E-state index in [0.29, 0.717) is 5.75 Å². The Morgan fingerprint density at radius 2 is 1.68 bits per heavy atom. The number of carbonyl (C=O) groups excluding carboxylic acids is 1. The van der Waals surface area contributed by atoms with Crippen LogP contribution in [0.3, 0.4) is 0 Å². The number of ether oxygens (including phenoxy) is 1. The van der Waals surface area contributed by atoms with E-state index in [4.69, 9.17) is 27.9 Å². The third kappa shape index (κ3) is 5.89. The van der Waals surface area contributed by atoms with Crippen LogP contribution in [-0.2, 0) is 21.2 Å². The molecule has 2 rings (SSSR count). The molecule has 0 fully saturated rings. The monoisotopic (exact) mass is 402 g/mol. The minimum atomic E-state index is -4.00. The summed E-state index contributed by atoms with van der Waals surface area (Å²) in [6, 6.07) is 11.1. The van der Waals surface area contributed by atoms with Crippen molar-refractivity contribution in [2.24, 2.45) is 0 Å². The molecule has 0 aliphatic carbocycles. The SMILES string of the molecule is CCc1ccc(OCC(=O)NNS(=O)(=O)c2cc(Cl)cc(Cl)c2)cc1. The molecule has 0 heterocycles. The predicted octanol–water partition coefficient (Wildman–Crippen LogP) is 2.94. The first-order valence-corrected chi connectivity index (χ1v) is 9.52. The zero-order chi connectivity index (χ0) is 18.4. The Hall–Kier alpha value is -1.80. The molecule has 134 valence electrons. The molecule has 0 aromatic heterocycles. The highest BCUT2D eigenvalue weighted by Gasteiger charge is 2.16. The van der Waals surface area contributed by atoms with Crippen molar-refractivity contribution >= 4 is 39.1 Å².